The van der Waals surface area contributed by atoms with E-state index < -0.39 is 0 Å². The van der Waals surface area contributed by atoms with Gasteiger partial charge in [-0.3, -0.25) is 9.78 Å². The zero-order chi connectivity index (χ0) is 26.7. The highest BCUT2D eigenvalue weighted by Crippen LogP contribution is 2.39. The van der Waals surface area contributed by atoms with E-state index in [1.54, 1.807) is 24.5 Å². The van der Waals surface area contributed by atoms with Crippen LogP contribution in [0, 0.1) is 11.3 Å². The molecular formula is C31H51NO4. The Kier molecular flexibility index (Phi) is 16.8. The van der Waals surface area contributed by atoms with E-state index in [-0.39, 0.29) is 23.5 Å². The van der Waals surface area contributed by atoms with Crippen LogP contribution in [0.2, 0.25) is 0 Å². The number of aromatic nitrogens is 1. The second kappa shape index (κ2) is 19.0. The maximum Gasteiger partial charge on any atom is 0.339 e. The Labute approximate surface area is 220 Å². The largest absolute Gasteiger partial charge is 0.466 e. The average molecular weight is 502 g/mol. The van der Waals surface area contributed by atoms with E-state index in [1.807, 2.05) is 0 Å². The Morgan fingerprint density at radius 3 is 2.28 bits per heavy atom. The van der Waals surface area contributed by atoms with E-state index in [4.69, 9.17) is 9.47 Å². The summed E-state index contributed by atoms with van der Waals surface area (Å²) in [6.45, 7) is 11.0. The van der Waals surface area contributed by atoms with Gasteiger partial charge in [-0.1, -0.05) is 78.4 Å². The van der Waals surface area contributed by atoms with Crippen LogP contribution in [0.25, 0.3) is 0 Å². The fourth-order valence-electron chi connectivity index (χ4n) is 4.98. The first kappa shape index (κ1) is 31.9. The zero-order valence-corrected chi connectivity index (χ0v) is 23.6. The van der Waals surface area contributed by atoms with Gasteiger partial charge >= 0.3 is 11.9 Å². The predicted molar refractivity (Wildman–Crippen MR) is 148 cm³/mol. The highest BCUT2D eigenvalue weighted by atomic mass is 16.5. The first-order valence-corrected chi connectivity index (χ1v) is 14.1. The molecule has 36 heavy (non-hydrogen) atoms. The van der Waals surface area contributed by atoms with Gasteiger partial charge in [0.15, 0.2) is 0 Å². The monoisotopic (exact) mass is 501 g/mol. The normalized spacial score (nSPS) is 18.8. The number of unbranched alkanes of at least 4 members (excludes halogenated alkanes) is 8. The first-order valence-electron chi connectivity index (χ1n) is 14.1. The standard InChI is InChI=1S/C16H30O2.C15H21NO2/c1-3-4-5-6-7-8-9-10-11-12-13-14-15-18-16(2)17;1-11-7-13(9-15(2,3)8-11)18-14(17)12-5-4-6-16-10-12/h4-5H,3,6-15H2,1-2H3;4-6,10-11,13H,7-9H2,1-3H3/b5-4-;/t;11-,13-/m.1/s1. The van der Waals surface area contributed by atoms with Crippen molar-refractivity contribution in [2.45, 2.75) is 124 Å². The van der Waals surface area contributed by atoms with Crippen molar-refractivity contribution >= 4 is 11.9 Å². The number of nitrogens with zero attached hydrogens (tertiary/aromatic N) is 1. The Balaban J connectivity index is 0.000000360. The van der Waals surface area contributed by atoms with Gasteiger partial charge in [0.25, 0.3) is 0 Å². The van der Waals surface area contributed by atoms with Crippen LogP contribution in [0.4, 0.5) is 0 Å². The lowest BCUT2D eigenvalue weighted by molar-refractivity contribution is -0.141. The van der Waals surface area contributed by atoms with Crippen molar-refractivity contribution < 1.29 is 19.1 Å². The minimum absolute atomic E-state index is 0.0384. The van der Waals surface area contributed by atoms with Crippen LogP contribution in [0.1, 0.15) is 128 Å². The Hall–Kier alpha value is -2.17. The van der Waals surface area contributed by atoms with Gasteiger partial charge in [0.2, 0.25) is 0 Å². The molecule has 204 valence electrons. The smallest absolute Gasteiger partial charge is 0.339 e. The number of ether oxygens (including phenoxy) is 2. The van der Waals surface area contributed by atoms with E-state index in [0.717, 1.165) is 25.7 Å². The van der Waals surface area contributed by atoms with Gasteiger partial charge in [-0.25, -0.2) is 4.79 Å². The first-order chi connectivity index (χ1) is 17.2. The van der Waals surface area contributed by atoms with Crippen LogP contribution in [-0.4, -0.2) is 29.6 Å². The maximum atomic E-state index is 12.0. The number of carbonyl (C=O) groups excluding carboxylic acids is 2. The van der Waals surface area contributed by atoms with Gasteiger partial charge < -0.3 is 9.47 Å². The second-order valence-electron chi connectivity index (χ2n) is 11.0. The lowest BCUT2D eigenvalue weighted by atomic mass is 9.71. The topological polar surface area (TPSA) is 65.5 Å². The lowest BCUT2D eigenvalue weighted by Crippen LogP contribution is -2.34. The molecule has 0 radical (unpaired) electrons. The number of allylic oxidation sites excluding steroid dienone is 2. The number of hydrogen-bond acceptors (Lipinski definition) is 5. The van der Waals surface area contributed by atoms with Crippen LogP contribution >= 0.6 is 0 Å². The predicted octanol–water partition coefficient (Wildman–Crippen LogP) is 8.48. The molecule has 0 spiro atoms. The maximum absolute atomic E-state index is 12.0. The second-order valence-corrected chi connectivity index (χ2v) is 11.0. The molecule has 0 N–H and O–H groups in total. The molecule has 1 saturated carbocycles. The van der Waals surface area contributed by atoms with E-state index in [2.05, 4.69) is 44.8 Å². The highest BCUT2D eigenvalue weighted by Gasteiger charge is 2.34. The molecule has 1 heterocycles. The van der Waals surface area contributed by atoms with Crippen LogP contribution in [0.15, 0.2) is 36.7 Å². The summed E-state index contributed by atoms with van der Waals surface area (Å²) in [4.78, 5) is 26.4. The average Bonchev–Trinajstić information content (AvgIpc) is 2.81. The summed E-state index contributed by atoms with van der Waals surface area (Å²) in [6, 6.07) is 3.50. The Morgan fingerprint density at radius 1 is 1.03 bits per heavy atom. The molecule has 0 amide bonds. The van der Waals surface area contributed by atoms with Gasteiger partial charge in [0.1, 0.15) is 6.10 Å². The molecule has 0 bridgehead atoms. The molecule has 0 aromatic carbocycles. The molecule has 1 aliphatic carbocycles. The third kappa shape index (κ3) is 16.5. The fraction of sp³-hybridized carbons (Fsp3) is 0.710. The van der Waals surface area contributed by atoms with Crippen molar-refractivity contribution in [3.05, 3.63) is 42.2 Å². The third-order valence-electron chi connectivity index (χ3n) is 6.49. The number of carbonyl (C=O) groups is 2. The van der Waals surface area contributed by atoms with Crippen molar-refractivity contribution in [3.63, 3.8) is 0 Å². The van der Waals surface area contributed by atoms with E-state index in [9.17, 15) is 9.59 Å². The van der Waals surface area contributed by atoms with Crippen LogP contribution < -0.4 is 0 Å². The van der Waals surface area contributed by atoms with Gasteiger partial charge in [0.05, 0.1) is 12.2 Å². The number of pyridine rings is 1. The molecule has 0 unspecified atom stereocenters. The van der Waals surface area contributed by atoms with E-state index in [0.29, 0.717) is 18.1 Å². The minimum Gasteiger partial charge on any atom is -0.466 e. The molecule has 1 aromatic rings. The quantitative estimate of drug-likeness (QED) is 0.145. The Morgan fingerprint density at radius 2 is 1.69 bits per heavy atom. The number of esters is 2. The molecule has 2 rings (SSSR count). The van der Waals surface area contributed by atoms with Crippen molar-refractivity contribution in [1.29, 1.82) is 0 Å². The number of rotatable bonds is 14. The van der Waals surface area contributed by atoms with Crippen molar-refractivity contribution in [3.8, 4) is 0 Å². The minimum atomic E-state index is -0.252. The SMILES string of the molecule is CC/C=C\CCCCCCCCCCOC(C)=O.C[C@@H]1C[C@@H](OC(=O)c2cccnc2)CC(C)(C)C1. The molecule has 1 aliphatic rings. The highest BCUT2D eigenvalue weighted by molar-refractivity contribution is 5.89. The van der Waals surface area contributed by atoms with Gasteiger partial charge in [-0.15, -0.1) is 0 Å². The number of hydrogen-bond donors (Lipinski definition) is 0. The summed E-state index contributed by atoms with van der Waals surface area (Å²) in [5.74, 6) is 0.200. The molecule has 1 fully saturated rings. The molecule has 5 heteroatoms. The molecule has 0 saturated heterocycles. The van der Waals surface area contributed by atoms with E-state index >= 15 is 0 Å². The summed E-state index contributed by atoms with van der Waals surface area (Å²) in [5, 5.41) is 0. The summed E-state index contributed by atoms with van der Waals surface area (Å²) >= 11 is 0. The molecule has 1 aromatic heterocycles. The molecule has 2 atom stereocenters. The summed E-state index contributed by atoms with van der Waals surface area (Å²) in [5.41, 5.74) is 0.797. The van der Waals surface area contributed by atoms with Crippen molar-refractivity contribution in [2.24, 2.45) is 11.3 Å². The molecule has 5 nitrogen and oxygen atoms in total. The Bertz CT molecular complexity index is 744. The lowest BCUT2D eigenvalue weighted by Gasteiger charge is -2.38. The van der Waals surface area contributed by atoms with Gasteiger partial charge in [-0.05, 0) is 68.4 Å². The van der Waals surface area contributed by atoms with Crippen molar-refractivity contribution in [1.82, 2.24) is 4.98 Å². The van der Waals surface area contributed by atoms with Gasteiger partial charge in [0, 0.05) is 19.3 Å². The summed E-state index contributed by atoms with van der Waals surface area (Å²) in [7, 11) is 0. The van der Waals surface area contributed by atoms with E-state index in [1.165, 1.54) is 64.7 Å². The molecular weight excluding hydrogens is 450 g/mol. The van der Waals surface area contributed by atoms with Crippen LogP contribution in [0.3, 0.4) is 0 Å². The van der Waals surface area contributed by atoms with Crippen LogP contribution in [-0.2, 0) is 14.3 Å². The zero-order valence-electron chi connectivity index (χ0n) is 23.6. The van der Waals surface area contributed by atoms with Crippen molar-refractivity contribution in [2.75, 3.05) is 6.61 Å². The summed E-state index contributed by atoms with van der Waals surface area (Å²) in [6.07, 6.45) is 23.5. The molecule has 0 aliphatic heterocycles. The van der Waals surface area contributed by atoms with Gasteiger partial charge in [-0.2, -0.15) is 0 Å². The summed E-state index contributed by atoms with van der Waals surface area (Å²) < 4.78 is 10.5. The third-order valence-corrected chi connectivity index (χ3v) is 6.49. The van der Waals surface area contributed by atoms with Crippen LogP contribution in [0.5, 0.6) is 0 Å². The fourth-order valence-corrected chi connectivity index (χ4v) is 4.98.